The molecule has 2 aliphatic heterocycles. The Bertz CT molecular complexity index is 988. The molecule has 0 aliphatic carbocycles. The molecule has 172 valence electrons. The van der Waals surface area contributed by atoms with Crippen molar-refractivity contribution in [1.82, 2.24) is 9.80 Å². The van der Waals surface area contributed by atoms with E-state index in [1.54, 1.807) is 12.0 Å². The number of hydrogen-bond acceptors (Lipinski definition) is 3. The van der Waals surface area contributed by atoms with Crippen LogP contribution in [-0.4, -0.2) is 48.5 Å². The van der Waals surface area contributed by atoms with Crippen LogP contribution in [0, 0.1) is 13.8 Å². The quantitative estimate of drug-likeness (QED) is 0.635. The summed E-state index contributed by atoms with van der Waals surface area (Å²) in [4.78, 5) is 17.3. The first-order chi connectivity index (χ1) is 15.2. The Morgan fingerprint density at radius 1 is 1.00 bits per heavy atom. The molecule has 2 atom stereocenters. The minimum absolute atomic E-state index is 0.197. The van der Waals surface area contributed by atoms with Crippen molar-refractivity contribution in [3.8, 4) is 5.75 Å². The number of alkyl halides is 3. The molecule has 0 N–H and O–H groups in total. The summed E-state index contributed by atoms with van der Waals surface area (Å²) in [5.74, 6) is 0.697. The molecule has 0 radical (unpaired) electrons. The van der Waals surface area contributed by atoms with Gasteiger partial charge in [0.25, 0.3) is 5.91 Å². The summed E-state index contributed by atoms with van der Waals surface area (Å²) in [5.41, 5.74) is 3.29. The van der Waals surface area contributed by atoms with Gasteiger partial charge in [0.2, 0.25) is 0 Å². The van der Waals surface area contributed by atoms with Crippen molar-refractivity contribution >= 4 is 5.91 Å². The highest BCUT2D eigenvalue weighted by Gasteiger charge is 2.38. The lowest BCUT2D eigenvalue weighted by Gasteiger charge is -2.48. The number of carbonyl (C=O) groups is 1. The number of amides is 1. The molecule has 0 unspecified atom stereocenters. The number of hydrogen-bond donors (Lipinski definition) is 0. The van der Waals surface area contributed by atoms with Gasteiger partial charge in [-0.25, -0.2) is 0 Å². The maximum Gasteiger partial charge on any atom is 0.416 e. The number of carbonyl (C=O) groups excluding carboxylic acids is 1. The fraction of sp³-hybridized carbons (Fsp3) is 0.480. The van der Waals surface area contributed by atoms with E-state index in [-0.39, 0.29) is 11.9 Å². The van der Waals surface area contributed by atoms with Crippen LogP contribution in [0.25, 0.3) is 0 Å². The maximum atomic E-state index is 13.0. The number of methoxy groups -OCH3 is 1. The SMILES string of the molecule is COc1ccc([C@H]2CCC[C@H]3CN(C(=O)c4ccc(C(F)(F)F)cc4)CCN32)c(C)c1C. The first-order valence-corrected chi connectivity index (χ1v) is 11.1. The third kappa shape index (κ3) is 4.22. The largest absolute Gasteiger partial charge is 0.496 e. The summed E-state index contributed by atoms with van der Waals surface area (Å²) in [6.45, 7) is 6.15. The van der Waals surface area contributed by atoms with Crippen LogP contribution in [-0.2, 0) is 6.18 Å². The third-order valence-electron chi connectivity index (χ3n) is 7.05. The summed E-state index contributed by atoms with van der Waals surface area (Å²) < 4.78 is 43.9. The molecule has 2 saturated heterocycles. The molecule has 2 aromatic rings. The van der Waals surface area contributed by atoms with E-state index in [1.807, 2.05) is 6.07 Å². The Kier molecular flexibility index (Phi) is 6.21. The second-order valence-corrected chi connectivity index (χ2v) is 8.77. The molecule has 0 saturated carbocycles. The van der Waals surface area contributed by atoms with Crippen LogP contribution < -0.4 is 4.74 Å². The number of nitrogens with zero attached hydrogens (tertiary/aromatic N) is 2. The molecule has 2 fully saturated rings. The average Bonchev–Trinajstić information content (AvgIpc) is 2.79. The minimum Gasteiger partial charge on any atom is -0.496 e. The number of benzene rings is 2. The summed E-state index contributed by atoms with van der Waals surface area (Å²) >= 11 is 0. The number of rotatable bonds is 3. The van der Waals surface area contributed by atoms with Gasteiger partial charge in [-0.2, -0.15) is 13.2 Å². The average molecular weight is 447 g/mol. The highest BCUT2D eigenvalue weighted by Crippen LogP contribution is 2.39. The van der Waals surface area contributed by atoms with Crippen LogP contribution in [0.5, 0.6) is 5.75 Å². The fourth-order valence-corrected chi connectivity index (χ4v) is 5.15. The van der Waals surface area contributed by atoms with E-state index in [9.17, 15) is 18.0 Å². The molecule has 0 spiro atoms. The van der Waals surface area contributed by atoms with E-state index in [0.717, 1.165) is 49.3 Å². The lowest BCUT2D eigenvalue weighted by Crippen LogP contribution is -2.57. The van der Waals surface area contributed by atoms with Crippen LogP contribution in [0.4, 0.5) is 13.2 Å². The van der Waals surface area contributed by atoms with Gasteiger partial charge in [0.15, 0.2) is 0 Å². The van der Waals surface area contributed by atoms with Crippen molar-refractivity contribution < 1.29 is 22.7 Å². The summed E-state index contributed by atoms with van der Waals surface area (Å²) in [5, 5.41) is 0. The van der Waals surface area contributed by atoms with Gasteiger partial charge < -0.3 is 9.64 Å². The second kappa shape index (κ2) is 8.77. The second-order valence-electron chi connectivity index (χ2n) is 8.77. The van der Waals surface area contributed by atoms with Crippen LogP contribution in [0.1, 0.15) is 57.9 Å². The first-order valence-electron chi connectivity index (χ1n) is 11.1. The summed E-state index contributed by atoms with van der Waals surface area (Å²) in [6, 6.07) is 9.28. The Hall–Kier alpha value is -2.54. The highest BCUT2D eigenvalue weighted by atomic mass is 19.4. The van der Waals surface area contributed by atoms with Crippen molar-refractivity contribution in [3.05, 3.63) is 64.2 Å². The zero-order valence-electron chi connectivity index (χ0n) is 18.7. The Labute approximate surface area is 187 Å². The number of piperazine rings is 1. The topological polar surface area (TPSA) is 32.8 Å². The van der Waals surface area contributed by atoms with Gasteiger partial charge >= 0.3 is 6.18 Å². The van der Waals surface area contributed by atoms with Crippen LogP contribution in [0.3, 0.4) is 0 Å². The molecule has 2 heterocycles. The van der Waals surface area contributed by atoms with Crippen molar-refractivity contribution in [2.45, 2.75) is 51.4 Å². The molecule has 1 amide bonds. The Morgan fingerprint density at radius 3 is 2.38 bits per heavy atom. The predicted octanol–water partition coefficient (Wildman–Crippen LogP) is 5.38. The van der Waals surface area contributed by atoms with E-state index in [4.69, 9.17) is 4.74 Å². The number of fused-ring (bicyclic) bond motifs is 1. The molecule has 2 aromatic carbocycles. The van der Waals surface area contributed by atoms with Crippen molar-refractivity contribution in [2.75, 3.05) is 26.7 Å². The van der Waals surface area contributed by atoms with Crippen molar-refractivity contribution in [1.29, 1.82) is 0 Å². The Balaban J connectivity index is 1.49. The van der Waals surface area contributed by atoms with Gasteiger partial charge in [0.1, 0.15) is 5.75 Å². The predicted molar refractivity (Wildman–Crippen MR) is 117 cm³/mol. The van der Waals surface area contributed by atoms with E-state index >= 15 is 0 Å². The highest BCUT2D eigenvalue weighted by molar-refractivity contribution is 5.94. The maximum absolute atomic E-state index is 13.0. The van der Waals surface area contributed by atoms with Crippen LogP contribution in [0.15, 0.2) is 36.4 Å². The van der Waals surface area contributed by atoms with Crippen LogP contribution in [0.2, 0.25) is 0 Å². The van der Waals surface area contributed by atoms with Crippen molar-refractivity contribution in [2.24, 2.45) is 0 Å². The standard InChI is InChI=1S/C25H29F3N2O2/c1-16-17(2)23(32-3)12-11-21(16)22-6-4-5-20-15-29(13-14-30(20)22)24(31)18-7-9-19(10-8-18)25(26,27)28/h7-12,20,22H,4-6,13-15H2,1-3H3/t20-,22+/m0/s1. The minimum atomic E-state index is -4.40. The molecule has 4 nitrogen and oxygen atoms in total. The van der Waals surface area contributed by atoms with Crippen LogP contribution >= 0.6 is 0 Å². The number of ether oxygens (including phenoxy) is 1. The molecule has 0 aromatic heterocycles. The van der Waals surface area contributed by atoms with Gasteiger partial charge in [-0.3, -0.25) is 9.69 Å². The number of piperidine rings is 1. The van der Waals surface area contributed by atoms with E-state index < -0.39 is 11.7 Å². The van der Waals surface area contributed by atoms with E-state index in [1.165, 1.54) is 23.3 Å². The molecule has 7 heteroatoms. The van der Waals surface area contributed by atoms with Crippen molar-refractivity contribution in [3.63, 3.8) is 0 Å². The van der Waals surface area contributed by atoms with Gasteiger partial charge in [-0.05, 0) is 80.1 Å². The molecule has 0 bridgehead atoms. The molecular formula is C25H29F3N2O2. The first kappa shape index (κ1) is 22.6. The lowest BCUT2D eigenvalue weighted by molar-refractivity contribution is -0.137. The number of halogens is 3. The van der Waals surface area contributed by atoms with Gasteiger partial charge in [0.05, 0.1) is 12.7 Å². The molecular weight excluding hydrogens is 417 g/mol. The molecule has 32 heavy (non-hydrogen) atoms. The summed E-state index contributed by atoms with van der Waals surface area (Å²) in [6.07, 6.45) is -1.22. The van der Waals surface area contributed by atoms with E-state index in [0.29, 0.717) is 24.7 Å². The molecule has 4 rings (SSSR count). The summed E-state index contributed by atoms with van der Waals surface area (Å²) in [7, 11) is 1.69. The molecule has 2 aliphatic rings. The fourth-order valence-electron chi connectivity index (χ4n) is 5.15. The third-order valence-corrected chi connectivity index (χ3v) is 7.05. The van der Waals surface area contributed by atoms with E-state index in [2.05, 4.69) is 24.8 Å². The van der Waals surface area contributed by atoms with Gasteiger partial charge in [-0.1, -0.05) is 6.07 Å². The monoisotopic (exact) mass is 446 g/mol. The normalized spacial score (nSPS) is 21.9. The lowest BCUT2D eigenvalue weighted by atomic mass is 9.86. The van der Waals surface area contributed by atoms with Gasteiger partial charge in [0, 0.05) is 37.3 Å². The smallest absolute Gasteiger partial charge is 0.416 e. The van der Waals surface area contributed by atoms with Gasteiger partial charge in [-0.15, -0.1) is 0 Å². The Morgan fingerprint density at radius 2 is 1.72 bits per heavy atom. The zero-order valence-corrected chi connectivity index (χ0v) is 18.7. The zero-order chi connectivity index (χ0) is 23.0.